The average Bonchev–Trinajstić information content (AvgIpc) is 3.50. The van der Waals surface area contributed by atoms with Gasteiger partial charge in [0.05, 0.1) is 17.8 Å². The van der Waals surface area contributed by atoms with Crippen molar-refractivity contribution in [3.8, 4) is 0 Å². The lowest BCUT2D eigenvalue weighted by atomic mass is 9.87. The van der Waals surface area contributed by atoms with E-state index in [4.69, 9.17) is 4.98 Å². The van der Waals surface area contributed by atoms with Crippen LogP contribution in [0.3, 0.4) is 0 Å². The van der Waals surface area contributed by atoms with Crippen molar-refractivity contribution in [3.05, 3.63) is 70.7 Å². The molecule has 1 aliphatic carbocycles. The highest BCUT2D eigenvalue weighted by molar-refractivity contribution is 6.01. The van der Waals surface area contributed by atoms with Crippen molar-refractivity contribution < 1.29 is 14.7 Å². The third-order valence-corrected chi connectivity index (χ3v) is 6.07. The first kappa shape index (κ1) is 19.0. The molecular formula is C23H24N4O3. The zero-order valence-corrected chi connectivity index (χ0v) is 16.8. The molecule has 1 amide bonds. The number of aldehydes is 1. The molecule has 30 heavy (non-hydrogen) atoms. The third-order valence-electron chi connectivity index (χ3n) is 6.07. The lowest BCUT2D eigenvalue weighted by Crippen LogP contribution is -2.57. The lowest BCUT2D eigenvalue weighted by molar-refractivity contribution is -0.0138. The monoisotopic (exact) mass is 404 g/mol. The van der Waals surface area contributed by atoms with Crippen LogP contribution in [-0.4, -0.2) is 51.7 Å². The minimum Gasteiger partial charge on any atom is -0.382 e. The van der Waals surface area contributed by atoms with E-state index in [-0.39, 0.29) is 5.91 Å². The standard InChI is InChI=1S/C23H24N4O3/c1-26(22(29)19-5-3-2-4-16(19)12-28)10-18-11-27-9-17(15-6-7-15)8-20(21(27)25-18)23(30)13-24-14-23/h2-5,8-9,11-12,15,24,30H,6-7,10,13-14H2,1H3. The smallest absolute Gasteiger partial charge is 0.254 e. The fraction of sp³-hybridized carbons (Fsp3) is 0.348. The van der Waals surface area contributed by atoms with Gasteiger partial charge in [-0.2, -0.15) is 0 Å². The minimum absolute atomic E-state index is 0.226. The molecule has 0 atom stereocenters. The van der Waals surface area contributed by atoms with Gasteiger partial charge in [-0.15, -0.1) is 0 Å². The van der Waals surface area contributed by atoms with E-state index in [0.717, 1.165) is 16.9 Å². The second-order valence-corrected chi connectivity index (χ2v) is 8.43. The van der Waals surface area contributed by atoms with Crippen LogP contribution in [0.4, 0.5) is 0 Å². The summed E-state index contributed by atoms with van der Waals surface area (Å²) in [5, 5.41) is 14.1. The summed E-state index contributed by atoms with van der Waals surface area (Å²) in [6, 6.07) is 8.88. The molecule has 154 valence electrons. The van der Waals surface area contributed by atoms with Gasteiger partial charge in [-0.3, -0.25) is 9.59 Å². The van der Waals surface area contributed by atoms with Crippen molar-refractivity contribution in [2.45, 2.75) is 30.9 Å². The summed E-state index contributed by atoms with van der Waals surface area (Å²) in [5.41, 5.74) is 3.39. The Bertz CT molecular complexity index is 1140. The lowest BCUT2D eigenvalue weighted by Gasteiger charge is -2.38. The summed E-state index contributed by atoms with van der Waals surface area (Å²) < 4.78 is 1.98. The number of aliphatic hydroxyl groups is 1. The molecule has 2 N–H and O–H groups in total. The second-order valence-electron chi connectivity index (χ2n) is 8.43. The van der Waals surface area contributed by atoms with Crippen LogP contribution in [0.2, 0.25) is 0 Å². The molecule has 2 aliphatic rings. The highest BCUT2D eigenvalue weighted by atomic mass is 16.3. The number of fused-ring (bicyclic) bond motifs is 1. The molecule has 5 rings (SSSR count). The molecule has 0 unspecified atom stereocenters. The number of imidazole rings is 1. The van der Waals surface area contributed by atoms with E-state index >= 15 is 0 Å². The number of β-amino-alcohol motifs (C(OH)–C–C–N with tert-alkyl or cyclic N) is 1. The molecule has 1 saturated carbocycles. The number of carbonyl (C=O) groups is 2. The van der Waals surface area contributed by atoms with E-state index in [1.165, 1.54) is 18.4 Å². The van der Waals surface area contributed by atoms with Crippen molar-refractivity contribution in [1.82, 2.24) is 19.6 Å². The number of rotatable bonds is 6. The third kappa shape index (κ3) is 3.20. The van der Waals surface area contributed by atoms with Crippen LogP contribution in [-0.2, 0) is 12.1 Å². The summed E-state index contributed by atoms with van der Waals surface area (Å²) >= 11 is 0. The van der Waals surface area contributed by atoms with Crippen LogP contribution >= 0.6 is 0 Å². The van der Waals surface area contributed by atoms with E-state index in [1.807, 2.05) is 10.6 Å². The Morgan fingerprint density at radius 3 is 2.77 bits per heavy atom. The van der Waals surface area contributed by atoms with Gasteiger partial charge in [-0.05, 0) is 36.5 Å². The fourth-order valence-electron chi connectivity index (χ4n) is 4.10. The van der Waals surface area contributed by atoms with Crippen molar-refractivity contribution >= 4 is 17.8 Å². The molecule has 3 aromatic rings. The minimum atomic E-state index is -0.903. The van der Waals surface area contributed by atoms with Gasteiger partial charge in [0.1, 0.15) is 11.2 Å². The Labute approximate surface area is 174 Å². The Balaban J connectivity index is 1.47. The Morgan fingerprint density at radius 1 is 1.33 bits per heavy atom. The van der Waals surface area contributed by atoms with Gasteiger partial charge in [0.2, 0.25) is 0 Å². The van der Waals surface area contributed by atoms with Crippen LogP contribution < -0.4 is 5.32 Å². The Morgan fingerprint density at radius 2 is 2.10 bits per heavy atom. The number of nitrogens with one attached hydrogen (secondary N) is 1. The number of hydrogen-bond acceptors (Lipinski definition) is 5. The maximum atomic E-state index is 12.9. The zero-order chi connectivity index (χ0) is 20.9. The van der Waals surface area contributed by atoms with Crippen molar-refractivity contribution in [3.63, 3.8) is 0 Å². The molecule has 2 aromatic heterocycles. The molecule has 7 heteroatoms. The number of hydrogen-bond donors (Lipinski definition) is 2. The Hall–Kier alpha value is -3.03. The van der Waals surface area contributed by atoms with Crippen molar-refractivity contribution in [1.29, 1.82) is 0 Å². The number of aromatic nitrogens is 2. The maximum absolute atomic E-state index is 12.9. The summed E-state index contributed by atoms with van der Waals surface area (Å²) in [6.45, 7) is 1.34. The van der Waals surface area contributed by atoms with Gasteiger partial charge in [0, 0.05) is 43.7 Å². The topological polar surface area (TPSA) is 86.9 Å². The van der Waals surface area contributed by atoms with E-state index in [1.54, 1.807) is 36.2 Å². The number of carbonyl (C=O) groups excluding carboxylic acids is 2. The molecule has 1 aliphatic heterocycles. The highest BCUT2D eigenvalue weighted by Gasteiger charge is 2.39. The quantitative estimate of drug-likeness (QED) is 0.615. The maximum Gasteiger partial charge on any atom is 0.254 e. The first-order valence-electron chi connectivity index (χ1n) is 10.2. The number of benzene rings is 1. The van der Waals surface area contributed by atoms with Gasteiger partial charge < -0.3 is 19.7 Å². The SMILES string of the molecule is CN(Cc1cn2cc(C3CC3)cc(C3(O)CNC3)c2n1)C(=O)c1ccccc1C=O. The van der Waals surface area contributed by atoms with Crippen molar-refractivity contribution in [2.24, 2.45) is 0 Å². The number of nitrogens with zero attached hydrogens (tertiary/aromatic N) is 3. The second kappa shape index (κ2) is 7.04. The Kier molecular flexibility index (Phi) is 4.45. The van der Waals surface area contributed by atoms with E-state index in [0.29, 0.717) is 43.0 Å². The van der Waals surface area contributed by atoms with Crippen molar-refractivity contribution in [2.75, 3.05) is 20.1 Å². The van der Waals surface area contributed by atoms with Crippen LogP contribution in [0.15, 0.2) is 42.7 Å². The summed E-state index contributed by atoms with van der Waals surface area (Å²) in [6.07, 6.45) is 7.07. The predicted octanol–water partition coefficient (Wildman–Crippen LogP) is 2.09. The molecule has 3 heterocycles. The van der Waals surface area contributed by atoms with Crippen LogP contribution in [0.5, 0.6) is 0 Å². The molecule has 2 fully saturated rings. The molecule has 0 radical (unpaired) electrons. The molecule has 7 nitrogen and oxygen atoms in total. The summed E-state index contributed by atoms with van der Waals surface area (Å²) in [7, 11) is 1.70. The van der Waals surface area contributed by atoms with Gasteiger partial charge in [-0.25, -0.2) is 4.98 Å². The average molecular weight is 404 g/mol. The normalized spacial score (nSPS) is 17.5. The summed E-state index contributed by atoms with van der Waals surface area (Å²) in [4.78, 5) is 30.4. The molecule has 0 bridgehead atoms. The van der Waals surface area contributed by atoms with Gasteiger partial charge in [0.15, 0.2) is 6.29 Å². The molecular weight excluding hydrogens is 380 g/mol. The van der Waals surface area contributed by atoms with E-state index < -0.39 is 5.60 Å². The largest absolute Gasteiger partial charge is 0.382 e. The molecule has 1 aromatic carbocycles. The van der Waals surface area contributed by atoms with Gasteiger partial charge in [0.25, 0.3) is 5.91 Å². The van der Waals surface area contributed by atoms with Gasteiger partial charge in [-0.1, -0.05) is 18.2 Å². The highest BCUT2D eigenvalue weighted by Crippen LogP contribution is 2.42. The summed E-state index contributed by atoms with van der Waals surface area (Å²) in [5.74, 6) is 0.329. The fourth-order valence-corrected chi connectivity index (χ4v) is 4.10. The molecule has 0 spiro atoms. The van der Waals surface area contributed by atoms with Crippen LogP contribution in [0.1, 0.15) is 56.3 Å². The van der Waals surface area contributed by atoms with E-state index in [9.17, 15) is 14.7 Å². The van der Waals surface area contributed by atoms with Gasteiger partial charge >= 0.3 is 0 Å². The first-order valence-corrected chi connectivity index (χ1v) is 10.2. The van der Waals surface area contributed by atoms with Crippen LogP contribution in [0, 0.1) is 0 Å². The van der Waals surface area contributed by atoms with E-state index in [2.05, 4.69) is 17.6 Å². The number of pyridine rings is 1. The first-order chi connectivity index (χ1) is 14.5. The molecule has 1 saturated heterocycles. The predicted molar refractivity (Wildman–Crippen MR) is 112 cm³/mol. The zero-order valence-electron chi connectivity index (χ0n) is 16.8. The number of amides is 1. The van der Waals surface area contributed by atoms with Crippen LogP contribution in [0.25, 0.3) is 5.65 Å².